The summed E-state index contributed by atoms with van der Waals surface area (Å²) in [5.41, 5.74) is 0.419. The molecule has 0 bridgehead atoms. The van der Waals surface area contributed by atoms with E-state index in [-0.39, 0.29) is 17.7 Å². The van der Waals surface area contributed by atoms with Gasteiger partial charge in [-0.1, -0.05) is 31.5 Å². The van der Waals surface area contributed by atoms with Crippen LogP contribution in [0.15, 0.2) is 18.2 Å². The molecule has 1 aromatic carbocycles. The van der Waals surface area contributed by atoms with E-state index in [2.05, 4.69) is 5.32 Å². The smallest absolute Gasteiger partial charge is 0.235 e. The van der Waals surface area contributed by atoms with Crippen LogP contribution >= 0.6 is 23.2 Å². The van der Waals surface area contributed by atoms with Crippen LogP contribution in [0.25, 0.3) is 0 Å². The van der Waals surface area contributed by atoms with Crippen molar-refractivity contribution in [3.05, 3.63) is 34.6 Å². The predicted molar refractivity (Wildman–Crippen MR) is 67.9 cm³/mol. The van der Waals surface area contributed by atoms with Crippen LogP contribution in [0.1, 0.15) is 25.5 Å². The number of nitrogens with one attached hydrogen (secondary N) is 1. The second-order valence-electron chi connectivity index (χ2n) is 4.09. The molecule has 1 aromatic rings. The minimum Gasteiger partial charge on any atom is -0.348 e. The Hall–Kier alpha value is -0.800. The number of amides is 1. The van der Waals surface area contributed by atoms with Crippen molar-refractivity contribution in [1.82, 2.24) is 5.32 Å². The van der Waals surface area contributed by atoms with Crippen molar-refractivity contribution < 1.29 is 9.18 Å². The molecule has 0 aliphatic heterocycles. The maximum Gasteiger partial charge on any atom is 0.235 e. The number of rotatable bonds is 4. The van der Waals surface area contributed by atoms with Crippen molar-refractivity contribution in [3.8, 4) is 0 Å². The minimum absolute atomic E-state index is 0.0536. The van der Waals surface area contributed by atoms with E-state index < -0.39 is 11.9 Å². The highest BCUT2D eigenvalue weighted by Gasteiger charge is 2.21. The Morgan fingerprint density at radius 2 is 2.12 bits per heavy atom. The zero-order valence-electron chi connectivity index (χ0n) is 9.64. The molecule has 0 radical (unpaired) electrons. The van der Waals surface area contributed by atoms with Gasteiger partial charge in [0.1, 0.15) is 11.7 Å². The first-order valence-electron chi connectivity index (χ1n) is 5.26. The second-order valence-corrected chi connectivity index (χ2v) is 4.79. The fraction of sp³-hybridized carbons (Fsp3) is 0.417. The number of halogens is 3. The van der Waals surface area contributed by atoms with Crippen molar-refractivity contribution >= 4 is 29.1 Å². The number of hydrogen-bond acceptors (Lipinski definition) is 1. The molecule has 1 unspecified atom stereocenters. The standard InChI is InChI=1S/C12H14Cl2FNO/c1-7(2)12(16-11(17)6-13)9-4-3-8(14)5-10(9)15/h3-5,7,12H,6H2,1-2H3,(H,16,17). The van der Waals surface area contributed by atoms with Gasteiger partial charge in [-0.25, -0.2) is 4.39 Å². The molecule has 0 fully saturated rings. The normalized spacial score (nSPS) is 12.6. The Bertz CT molecular complexity index is 409. The molecular formula is C12H14Cl2FNO. The van der Waals surface area contributed by atoms with Gasteiger partial charge >= 0.3 is 0 Å². The zero-order chi connectivity index (χ0) is 13.0. The molecule has 2 nitrogen and oxygen atoms in total. The number of hydrogen-bond donors (Lipinski definition) is 1. The lowest BCUT2D eigenvalue weighted by molar-refractivity contribution is -0.119. The van der Waals surface area contributed by atoms with Gasteiger partial charge in [0.25, 0.3) is 0 Å². The monoisotopic (exact) mass is 277 g/mol. The summed E-state index contributed by atoms with van der Waals surface area (Å²) in [4.78, 5) is 11.3. The van der Waals surface area contributed by atoms with E-state index in [0.717, 1.165) is 0 Å². The summed E-state index contributed by atoms with van der Waals surface area (Å²) in [7, 11) is 0. The maximum atomic E-state index is 13.7. The highest BCUT2D eigenvalue weighted by atomic mass is 35.5. The molecule has 0 aliphatic carbocycles. The Balaban J connectivity index is 3.01. The fourth-order valence-corrected chi connectivity index (χ4v) is 1.81. The highest BCUT2D eigenvalue weighted by molar-refractivity contribution is 6.30. The molecular weight excluding hydrogens is 264 g/mol. The molecule has 17 heavy (non-hydrogen) atoms. The number of carbonyl (C=O) groups is 1. The van der Waals surface area contributed by atoms with Crippen molar-refractivity contribution in [2.45, 2.75) is 19.9 Å². The Labute approximate surface area is 110 Å². The van der Waals surface area contributed by atoms with Gasteiger partial charge in [0, 0.05) is 10.6 Å². The summed E-state index contributed by atoms with van der Waals surface area (Å²) in [5.74, 6) is -0.832. The van der Waals surface area contributed by atoms with E-state index in [1.807, 2.05) is 13.8 Å². The Kier molecular flexibility index (Phi) is 5.22. The summed E-state index contributed by atoms with van der Waals surface area (Å²) in [5, 5.41) is 3.02. The molecule has 1 atom stereocenters. The summed E-state index contributed by atoms with van der Waals surface area (Å²) < 4.78 is 13.7. The van der Waals surface area contributed by atoms with Crippen LogP contribution in [0.2, 0.25) is 5.02 Å². The summed E-state index contributed by atoms with van der Waals surface area (Å²) in [6.07, 6.45) is 0. The molecule has 0 aromatic heterocycles. The first kappa shape index (κ1) is 14.3. The lowest BCUT2D eigenvalue weighted by atomic mass is 9.95. The van der Waals surface area contributed by atoms with E-state index in [1.165, 1.54) is 6.07 Å². The van der Waals surface area contributed by atoms with Gasteiger partial charge in [0.15, 0.2) is 0 Å². The van der Waals surface area contributed by atoms with Crippen LogP contribution in [-0.2, 0) is 4.79 Å². The van der Waals surface area contributed by atoms with Gasteiger partial charge in [-0.05, 0) is 18.1 Å². The van der Waals surface area contributed by atoms with Crippen molar-refractivity contribution in [1.29, 1.82) is 0 Å². The van der Waals surface area contributed by atoms with Crippen molar-refractivity contribution in [2.75, 3.05) is 5.88 Å². The largest absolute Gasteiger partial charge is 0.348 e. The summed E-state index contributed by atoms with van der Waals surface area (Å²) in [6.45, 7) is 3.79. The molecule has 0 spiro atoms. The van der Waals surface area contributed by atoms with Crippen LogP contribution in [0.3, 0.4) is 0 Å². The average Bonchev–Trinajstić information content (AvgIpc) is 2.26. The fourth-order valence-electron chi connectivity index (χ4n) is 1.57. The van der Waals surface area contributed by atoms with Crippen LogP contribution < -0.4 is 5.32 Å². The molecule has 1 rings (SSSR count). The third-order valence-corrected chi connectivity index (χ3v) is 2.88. The summed E-state index contributed by atoms with van der Waals surface area (Å²) >= 11 is 11.1. The van der Waals surface area contributed by atoms with E-state index >= 15 is 0 Å². The number of carbonyl (C=O) groups excluding carboxylic acids is 1. The molecule has 1 amide bonds. The van der Waals surface area contributed by atoms with Gasteiger partial charge < -0.3 is 5.32 Å². The van der Waals surface area contributed by atoms with E-state index in [0.29, 0.717) is 10.6 Å². The molecule has 0 saturated heterocycles. The van der Waals surface area contributed by atoms with Gasteiger partial charge in [-0.2, -0.15) is 0 Å². The van der Waals surface area contributed by atoms with E-state index in [9.17, 15) is 9.18 Å². The molecule has 0 heterocycles. The van der Waals surface area contributed by atoms with Crippen LogP contribution in [0.4, 0.5) is 4.39 Å². The van der Waals surface area contributed by atoms with Gasteiger partial charge in [0.05, 0.1) is 6.04 Å². The second kappa shape index (κ2) is 6.22. The highest BCUT2D eigenvalue weighted by Crippen LogP contribution is 2.26. The predicted octanol–water partition coefficient (Wildman–Crippen LogP) is 3.53. The number of alkyl halides is 1. The topological polar surface area (TPSA) is 29.1 Å². The first-order valence-corrected chi connectivity index (χ1v) is 6.17. The lowest BCUT2D eigenvalue weighted by Gasteiger charge is -2.23. The zero-order valence-corrected chi connectivity index (χ0v) is 11.1. The van der Waals surface area contributed by atoms with Crippen molar-refractivity contribution in [2.24, 2.45) is 5.92 Å². The summed E-state index contributed by atoms with van der Waals surface area (Å²) in [6, 6.07) is 4.01. The molecule has 0 saturated carbocycles. The molecule has 5 heteroatoms. The van der Waals surface area contributed by atoms with E-state index in [1.54, 1.807) is 12.1 Å². The van der Waals surface area contributed by atoms with E-state index in [4.69, 9.17) is 23.2 Å². The van der Waals surface area contributed by atoms with Gasteiger partial charge in [-0.15, -0.1) is 11.6 Å². The number of benzene rings is 1. The Morgan fingerprint density at radius 1 is 1.47 bits per heavy atom. The maximum absolute atomic E-state index is 13.7. The van der Waals surface area contributed by atoms with Crippen molar-refractivity contribution in [3.63, 3.8) is 0 Å². The average molecular weight is 278 g/mol. The quantitative estimate of drug-likeness (QED) is 0.839. The molecule has 1 N–H and O–H groups in total. The first-order chi connectivity index (χ1) is 7.95. The lowest BCUT2D eigenvalue weighted by Crippen LogP contribution is -2.33. The van der Waals surface area contributed by atoms with Gasteiger partial charge in [-0.3, -0.25) is 4.79 Å². The minimum atomic E-state index is -0.425. The molecule has 0 aliphatic rings. The Morgan fingerprint density at radius 3 is 2.59 bits per heavy atom. The SMILES string of the molecule is CC(C)C(NC(=O)CCl)c1ccc(Cl)cc1F. The third kappa shape index (κ3) is 3.86. The molecule has 94 valence electrons. The van der Waals surface area contributed by atoms with Crippen LogP contribution in [0.5, 0.6) is 0 Å². The van der Waals surface area contributed by atoms with Gasteiger partial charge in [0.2, 0.25) is 5.91 Å². The van der Waals surface area contributed by atoms with Crippen LogP contribution in [0, 0.1) is 11.7 Å². The third-order valence-electron chi connectivity index (χ3n) is 2.40. The van der Waals surface area contributed by atoms with Crippen LogP contribution in [-0.4, -0.2) is 11.8 Å².